The van der Waals surface area contributed by atoms with Crippen LogP contribution in [-0.2, 0) is 12.3 Å². The monoisotopic (exact) mass is 427 g/mol. The molecule has 146 valence electrons. The van der Waals surface area contributed by atoms with E-state index in [1.54, 1.807) is 23.1 Å². The first-order valence-electron chi connectivity index (χ1n) is 9.63. The van der Waals surface area contributed by atoms with Gasteiger partial charge in [-0.05, 0) is 37.1 Å². The summed E-state index contributed by atoms with van der Waals surface area (Å²) in [4.78, 5) is 9.60. The molecule has 1 saturated heterocycles. The molecule has 0 radical (unpaired) electrons. The molecule has 3 aromatic rings. The molecule has 6 heteroatoms. The van der Waals surface area contributed by atoms with Crippen molar-refractivity contribution in [2.75, 3.05) is 26.2 Å². The van der Waals surface area contributed by atoms with E-state index in [1.807, 2.05) is 6.07 Å². The highest BCUT2D eigenvalue weighted by molar-refractivity contribution is 8.22. The van der Waals surface area contributed by atoms with Crippen LogP contribution in [0.15, 0.2) is 42.5 Å². The van der Waals surface area contributed by atoms with Crippen LogP contribution in [0.5, 0.6) is 0 Å². The Morgan fingerprint density at radius 1 is 1.11 bits per heavy atom. The number of rotatable bonds is 4. The molecule has 3 nitrogen and oxygen atoms in total. The molecule has 28 heavy (non-hydrogen) atoms. The fraction of sp³-hybridized carbons (Fsp3) is 0.364. The summed E-state index contributed by atoms with van der Waals surface area (Å²) >= 11 is 9.22. The Hall–Kier alpha value is -1.47. The van der Waals surface area contributed by atoms with E-state index in [9.17, 15) is 0 Å². The topological polar surface area (TPSA) is 19.4 Å². The van der Waals surface area contributed by atoms with Gasteiger partial charge < -0.3 is 4.90 Å². The first-order valence-corrected chi connectivity index (χ1v) is 11.8. The predicted molar refractivity (Wildman–Crippen MR) is 126 cm³/mol. The number of aromatic nitrogens is 1. The number of para-hydroxylation sites is 1. The second-order valence-corrected chi connectivity index (χ2v) is 10.0. The third-order valence-electron chi connectivity index (χ3n) is 5.18. The van der Waals surface area contributed by atoms with Crippen LogP contribution in [0.1, 0.15) is 21.7 Å². The summed E-state index contributed by atoms with van der Waals surface area (Å²) in [5.74, 6) is 0.862. The lowest BCUT2D eigenvalue weighted by Gasteiger charge is -2.36. The van der Waals surface area contributed by atoms with Crippen LogP contribution in [0.2, 0.25) is 0 Å². The molecule has 0 bridgehead atoms. The molecule has 0 unspecified atom stereocenters. The first kappa shape index (κ1) is 19.8. The Bertz CT molecular complexity index is 941. The number of fused-ring (bicyclic) bond motifs is 1. The summed E-state index contributed by atoms with van der Waals surface area (Å²) in [6.45, 7) is 9.55. The summed E-state index contributed by atoms with van der Waals surface area (Å²) in [7, 11) is 0. The maximum Gasteiger partial charge on any atom is 0.136 e. The number of piperazine rings is 1. The minimum atomic E-state index is 0.862. The quantitative estimate of drug-likeness (QED) is 0.528. The normalized spacial score (nSPS) is 15.3. The van der Waals surface area contributed by atoms with Crippen molar-refractivity contribution in [3.63, 3.8) is 0 Å². The number of thiocarbonyl (C=S) groups is 1. The third-order valence-corrected chi connectivity index (χ3v) is 7.93. The minimum absolute atomic E-state index is 0.862. The van der Waals surface area contributed by atoms with Crippen LogP contribution in [0.25, 0.3) is 10.2 Å². The molecule has 1 aromatic heterocycles. The van der Waals surface area contributed by atoms with E-state index in [1.165, 1.54) is 21.4 Å². The van der Waals surface area contributed by atoms with Crippen molar-refractivity contribution in [1.29, 1.82) is 0 Å². The fourth-order valence-corrected chi connectivity index (χ4v) is 5.76. The van der Waals surface area contributed by atoms with Crippen molar-refractivity contribution in [2.24, 2.45) is 0 Å². The highest BCUT2D eigenvalue weighted by Gasteiger charge is 2.20. The Morgan fingerprint density at radius 3 is 2.64 bits per heavy atom. The molecule has 0 aliphatic carbocycles. The summed E-state index contributed by atoms with van der Waals surface area (Å²) in [5.41, 5.74) is 5.26. The molecule has 4 rings (SSSR count). The number of thiazole rings is 1. The van der Waals surface area contributed by atoms with Crippen LogP contribution in [-0.4, -0.2) is 45.3 Å². The Kier molecular flexibility index (Phi) is 6.31. The van der Waals surface area contributed by atoms with E-state index < -0.39 is 0 Å². The minimum Gasteiger partial charge on any atom is -0.355 e. The lowest BCUT2D eigenvalue weighted by Crippen LogP contribution is -2.47. The van der Waals surface area contributed by atoms with Crippen molar-refractivity contribution in [2.45, 2.75) is 26.1 Å². The molecule has 0 spiro atoms. The molecule has 1 fully saturated rings. The molecule has 1 aliphatic rings. The number of hydrogen-bond acceptors (Lipinski definition) is 5. The van der Waals surface area contributed by atoms with Gasteiger partial charge in [-0.2, -0.15) is 0 Å². The molecule has 0 atom stereocenters. The molecule has 2 aromatic carbocycles. The number of hydrogen-bond donors (Lipinski definition) is 0. The van der Waals surface area contributed by atoms with Gasteiger partial charge in [0.05, 0.1) is 16.0 Å². The van der Waals surface area contributed by atoms with Gasteiger partial charge in [-0.1, -0.05) is 59.9 Å². The maximum absolute atomic E-state index is 5.70. The molecule has 2 heterocycles. The van der Waals surface area contributed by atoms with Gasteiger partial charge in [0.25, 0.3) is 0 Å². The standard InChI is InChI=1S/C22H25N3S3/c1-16-7-8-18(17(2)13-16)14-24-9-11-25(12-10-24)22(26)27-15-21-23-19-5-3-4-6-20(19)28-21/h3-8,13H,9-12,14-15H2,1-2H3. The second-order valence-electron chi connectivity index (χ2n) is 7.32. The van der Waals surface area contributed by atoms with Crippen molar-refractivity contribution < 1.29 is 0 Å². The smallest absolute Gasteiger partial charge is 0.136 e. The highest BCUT2D eigenvalue weighted by atomic mass is 32.2. The Balaban J connectivity index is 1.26. The van der Waals surface area contributed by atoms with Crippen LogP contribution in [0, 0.1) is 13.8 Å². The van der Waals surface area contributed by atoms with Gasteiger partial charge in [0, 0.05) is 32.7 Å². The van der Waals surface area contributed by atoms with Gasteiger partial charge >= 0.3 is 0 Å². The van der Waals surface area contributed by atoms with Crippen LogP contribution < -0.4 is 0 Å². The molecule has 0 amide bonds. The van der Waals surface area contributed by atoms with Crippen molar-refractivity contribution >= 4 is 49.9 Å². The molecule has 0 N–H and O–H groups in total. The van der Waals surface area contributed by atoms with Gasteiger partial charge in [0.1, 0.15) is 9.33 Å². The number of benzene rings is 2. The van der Waals surface area contributed by atoms with Crippen LogP contribution in [0.3, 0.4) is 0 Å². The van der Waals surface area contributed by atoms with Gasteiger partial charge in [-0.25, -0.2) is 4.98 Å². The summed E-state index contributed by atoms with van der Waals surface area (Å²) < 4.78 is 2.26. The average Bonchev–Trinajstić information content (AvgIpc) is 3.12. The average molecular weight is 428 g/mol. The molecular weight excluding hydrogens is 402 g/mol. The number of thioether (sulfide) groups is 1. The van der Waals surface area contributed by atoms with E-state index in [-0.39, 0.29) is 0 Å². The van der Waals surface area contributed by atoms with Gasteiger partial charge in [-0.15, -0.1) is 11.3 Å². The summed E-state index contributed by atoms with van der Waals surface area (Å²) in [6, 6.07) is 15.1. The number of aryl methyl sites for hydroxylation is 2. The SMILES string of the molecule is Cc1ccc(CN2CCN(C(=S)SCc3nc4ccccc4s3)CC2)c(C)c1. The summed E-state index contributed by atoms with van der Waals surface area (Å²) in [5, 5.41) is 1.15. The predicted octanol–water partition coefficient (Wildman–Crippen LogP) is 5.25. The van der Waals surface area contributed by atoms with Crippen molar-refractivity contribution in [3.8, 4) is 0 Å². The maximum atomic E-state index is 5.70. The zero-order valence-corrected chi connectivity index (χ0v) is 18.8. The van der Waals surface area contributed by atoms with Gasteiger partial charge in [-0.3, -0.25) is 4.90 Å². The molecule has 0 saturated carbocycles. The van der Waals surface area contributed by atoms with E-state index in [0.717, 1.165) is 53.3 Å². The second kappa shape index (κ2) is 8.91. The van der Waals surface area contributed by atoms with Crippen LogP contribution >= 0.6 is 35.3 Å². The van der Waals surface area contributed by atoms with Crippen molar-refractivity contribution in [1.82, 2.24) is 14.8 Å². The van der Waals surface area contributed by atoms with E-state index in [0.29, 0.717) is 0 Å². The molecular formula is C22H25N3S3. The summed E-state index contributed by atoms with van der Waals surface area (Å²) in [6.07, 6.45) is 0. The lowest BCUT2D eigenvalue weighted by molar-refractivity contribution is 0.178. The molecule has 1 aliphatic heterocycles. The van der Waals surface area contributed by atoms with E-state index in [4.69, 9.17) is 17.2 Å². The number of nitrogens with zero attached hydrogens (tertiary/aromatic N) is 3. The Morgan fingerprint density at radius 2 is 1.89 bits per heavy atom. The lowest BCUT2D eigenvalue weighted by atomic mass is 10.1. The van der Waals surface area contributed by atoms with E-state index in [2.05, 4.69) is 60.0 Å². The third kappa shape index (κ3) is 4.74. The zero-order chi connectivity index (χ0) is 19.5. The van der Waals surface area contributed by atoms with Crippen LogP contribution in [0.4, 0.5) is 0 Å². The van der Waals surface area contributed by atoms with Gasteiger partial charge in [0.2, 0.25) is 0 Å². The van der Waals surface area contributed by atoms with Crippen molar-refractivity contribution in [3.05, 3.63) is 64.2 Å². The largest absolute Gasteiger partial charge is 0.355 e. The highest BCUT2D eigenvalue weighted by Crippen LogP contribution is 2.26. The van der Waals surface area contributed by atoms with E-state index >= 15 is 0 Å². The first-order chi connectivity index (χ1) is 13.6. The Labute approximate surface area is 180 Å². The fourth-order valence-electron chi connectivity index (χ4n) is 3.55. The van der Waals surface area contributed by atoms with Gasteiger partial charge in [0.15, 0.2) is 0 Å². The zero-order valence-electron chi connectivity index (χ0n) is 16.4.